The maximum absolute atomic E-state index is 14.1. The number of halogens is 3. The number of carbonyl (C=O) groups is 1. The van der Waals surface area contributed by atoms with Gasteiger partial charge in [0.05, 0.1) is 40.8 Å². The van der Waals surface area contributed by atoms with E-state index in [0.717, 1.165) is 54.0 Å². The van der Waals surface area contributed by atoms with E-state index in [0.29, 0.717) is 41.5 Å². The van der Waals surface area contributed by atoms with Crippen molar-refractivity contribution in [2.75, 3.05) is 0 Å². The third-order valence-electron chi connectivity index (χ3n) is 7.14. The van der Waals surface area contributed by atoms with Crippen LogP contribution in [-0.4, -0.2) is 43.6 Å². The molecule has 3 aliphatic rings. The number of aryl methyl sites for hydroxylation is 2. The first-order valence-electron chi connectivity index (χ1n) is 11.4. The topological polar surface area (TPSA) is 71.8 Å². The van der Waals surface area contributed by atoms with Crippen molar-refractivity contribution in [2.24, 2.45) is 0 Å². The maximum Gasteiger partial charge on any atom is 0.258 e. The van der Waals surface area contributed by atoms with Gasteiger partial charge in [-0.05, 0) is 51.7 Å². The Bertz CT molecular complexity index is 1280. The normalized spacial score (nSPS) is 23.2. The minimum Gasteiger partial charge on any atom is -0.489 e. The summed E-state index contributed by atoms with van der Waals surface area (Å²) in [5, 5.41) is 8.83. The highest BCUT2D eigenvalue weighted by Gasteiger charge is 2.36. The number of amides is 1. The van der Waals surface area contributed by atoms with Gasteiger partial charge in [-0.1, -0.05) is 11.6 Å². The fourth-order valence-electron chi connectivity index (χ4n) is 5.48. The minimum atomic E-state index is -0.409. The second-order valence-electron chi connectivity index (χ2n) is 9.41. The molecule has 34 heavy (non-hydrogen) atoms. The number of piperidine rings is 1. The number of carbonyl (C=O) groups excluding carboxylic acids is 1. The predicted octanol–water partition coefficient (Wildman–Crippen LogP) is 4.38. The van der Waals surface area contributed by atoms with Gasteiger partial charge in [0.15, 0.2) is 5.65 Å². The Hall–Kier alpha value is -2.42. The largest absolute Gasteiger partial charge is 0.489 e. The Kier molecular flexibility index (Phi) is 5.94. The van der Waals surface area contributed by atoms with Gasteiger partial charge in [0.25, 0.3) is 5.91 Å². The summed E-state index contributed by atoms with van der Waals surface area (Å²) >= 11 is 6.33. The highest BCUT2D eigenvalue weighted by Crippen LogP contribution is 2.34. The number of fused-ring (bicyclic) bond motifs is 5. The first-order chi connectivity index (χ1) is 15.9. The summed E-state index contributed by atoms with van der Waals surface area (Å²) < 4.78 is 22.1. The molecule has 2 unspecified atom stereocenters. The lowest BCUT2D eigenvalue weighted by Crippen LogP contribution is -2.42. The third kappa shape index (κ3) is 3.82. The van der Waals surface area contributed by atoms with Gasteiger partial charge in [-0.3, -0.25) is 4.79 Å². The molecule has 2 saturated heterocycles. The highest BCUT2D eigenvalue weighted by atomic mass is 35.5. The summed E-state index contributed by atoms with van der Waals surface area (Å²) in [6.07, 6.45) is 4.02. The van der Waals surface area contributed by atoms with Crippen molar-refractivity contribution < 1.29 is 13.9 Å². The Morgan fingerprint density at radius 3 is 2.68 bits per heavy atom. The van der Waals surface area contributed by atoms with Crippen molar-refractivity contribution in [1.82, 2.24) is 24.8 Å². The van der Waals surface area contributed by atoms with E-state index in [1.807, 2.05) is 13.8 Å². The first kappa shape index (κ1) is 23.3. The van der Waals surface area contributed by atoms with Crippen LogP contribution in [0.3, 0.4) is 0 Å². The summed E-state index contributed by atoms with van der Waals surface area (Å²) in [6.45, 7) is 4.52. The molecule has 3 aliphatic heterocycles. The van der Waals surface area contributed by atoms with Crippen molar-refractivity contribution in [3.63, 3.8) is 0 Å². The van der Waals surface area contributed by atoms with E-state index in [9.17, 15) is 9.18 Å². The van der Waals surface area contributed by atoms with Crippen molar-refractivity contribution in [1.29, 1.82) is 0 Å². The molecule has 0 spiro atoms. The van der Waals surface area contributed by atoms with Crippen LogP contribution < -0.4 is 10.1 Å². The SMILES string of the molecule is Cc1nc2c3c(nn2c(C)c1Cl)CN(C(=O)c1ccc(F)cc1OC1CC2CCC(C1)N2)C3.Cl. The quantitative estimate of drug-likeness (QED) is 0.571. The Morgan fingerprint density at radius 1 is 1.21 bits per heavy atom. The van der Waals surface area contributed by atoms with Crippen LogP contribution >= 0.6 is 24.0 Å². The molecule has 2 atom stereocenters. The standard InChI is InChI=1S/C24H25ClFN5O2.ClH/c1-12-22(25)13(2)31-23(27-12)19-10-30(11-20(19)29-31)24(32)18-6-3-14(26)7-21(18)33-17-8-15-4-5-16(9-17)28-15;/h3,6-7,15-17,28H,4-5,8-11H2,1-2H3;1H. The van der Waals surface area contributed by atoms with Crippen LogP contribution in [0.15, 0.2) is 18.2 Å². The van der Waals surface area contributed by atoms with Gasteiger partial charge in [-0.2, -0.15) is 5.10 Å². The van der Waals surface area contributed by atoms with Gasteiger partial charge in [-0.15, -0.1) is 12.4 Å². The molecule has 1 amide bonds. The average molecular weight is 506 g/mol. The number of hydrogen-bond acceptors (Lipinski definition) is 5. The van der Waals surface area contributed by atoms with E-state index in [2.05, 4.69) is 15.4 Å². The Balaban J connectivity index is 0.00000241. The van der Waals surface area contributed by atoms with Gasteiger partial charge in [0.1, 0.15) is 17.7 Å². The molecule has 7 nitrogen and oxygen atoms in total. The van der Waals surface area contributed by atoms with E-state index in [4.69, 9.17) is 16.3 Å². The number of hydrogen-bond donors (Lipinski definition) is 1. The van der Waals surface area contributed by atoms with Crippen LogP contribution in [0.1, 0.15) is 58.7 Å². The van der Waals surface area contributed by atoms with Gasteiger partial charge in [0, 0.05) is 23.7 Å². The molecule has 2 aromatic heterocycles. The lowest BCUT2D eigenvalue weighted by atomic mass is 10.0. The average Bonchev–Trinajstić information content (AvgIpc) is 3.45. The molecular weight excluding hydrogens is 480 g/mol. The van der Waals surface area contributed by atoms with E-state index in [1.165, 1.54) is 18.2 Å². The monoisotopic (exact) mass is 505 g/mol. The van der Waals surface area contributed by atoms with Crippen LogP contribution in [-0.2, 0) is 13.1 Å². The zero-order valence-electron chi connectivity index (χ0n) is 19.0. The van der Waals surface area contributed by atoms with Gasteiger partial charge >= 0.3 is 0 Å². The molecule has 180 valence electrons. The summed E-state index contributed by atoms with van der Waals surface area (Å²) in [5.41, 5.74) is 4.40. The second kappa shape index (κ2) is 8.66. The van der Waals surface area contributed by atoms with E-state index < -0.39 is 5.82 Å². The molecule has 2 bridgehead atoms. The van der Waals surface area contributed by atoms with Crippen LogP contribution in [0.25, 0.3) is 5.65 Å². The van der Waals surface area contributed by atoms with E-state index in [1.54, 1.807) is 9.42 Å². The summed E-state index contributed by atoms with van der Waals surface area (Å²) in [7, 11) is 0. The first-order valence-corrected chi connectivity index (χ1v) is 11.8. The molecule has 3 aromatic rings. The maximum atomic E-state index is 14.1. The van der Waals surface area contributed by atoms with Crippen molar-refractivity contribution in [3.8, 4) is 5.75 Å². The van der Waals surface area contributed by atoms with Gasteiger partial charge in [0.2, 0.25) is 0 Å². The van der Waals surface area contributed by atoms with Crippen LogP contribution in [0.2, 0.25) is 5.02 Å². The molecule has 0 saturated carbocycles. The number of ether oxygens (including phenoxy) is 1. The number of benzene rings is 1. The molecule has 0 radical (unpaired) electrons. The number of nitrogens with zero attached hydrogens (tertiary/aromatic N) is 4. The van der Waals surface area contributed by atoms with Crippen molar-refractivity contribution in [3.05, 3.63) is 57.2 Å². The molecule has 2 fully saturated rings. The number of aromatic nitrogens is 3. The van der Waals surface area contributed by atoms with Gasteiger partial charge in [-0.25, -0.2) is 13.9 Å². The number of nitrogens with one attached hydrogen (secondary N) is 1. The molecule has 1 aromatic carbocycles. The van der Waals surface area contributed by atoms with E-state index in [-0.39, 0.29) is 24.4 Å². The summed E-state index contributed by atoms with van der Waals surface area (Å²) in [4.78, 5) is 19.8. The molecular formula is C24H26Cl2FN5O2. The van der Waals surface area contributed by atoms with Crippen LogP contribution in [0.4, 0.5) is 4.39 Å². The Morgan fingerprint density at radius 2 is 1.94 bits per heavy atom. The molecule has 6 rings (SSSR count). The van der Waals surface area contributed by atoms with E-state index >= 15 is 0 Å². The number of rotatable bonds is 3. The van der Waals surface area contributed by atoms with Crippen LogP contribution in [0, 0.1) is 19.7 Å². The summed E-state index contributed by atoms with van der Waals surface area (Å²) in [6, 6.07) is 5.06. The third-order valence-corrected chi connectivity index (χ3v) is 7.69. The van der Waals surface area contributed by atoms with Gasteiger partial charge < -0.3 is 15.0 Å². The smallest absolute Gasteiger partial charge is 0.258 e. The summed E-state index contributed by atoms with van der Waals surface area (Å²) in [5.74, 6) is -0.282. The highest BCUT2D eigenvalue weighted by molar-refractivity contribution is 6.31. The molecule has 5 heterocycles. The lowest BCUT2D eigenvalue weighted by Gasteiger charge is -2.30. The minimum absolute atomic E-state index is 0. The zero-order chi connectivity index (χ0) is 22.9. The molecule has 1 N–H and O–H groups in total. The Labute approximate surface area is 208 Å². The molecule has 10 heteroatoms. The van der Waals surface area contributed by atoms with Crippen molar-refractivity contribution >= 4 is 35.6 Å². The second-order valence-corrected chi connectivity index (χ2v) is 9.79. The predicted molar refractivity (Wildman–Crippen MR) is 128 cm³/mol. The lowest BCUT2D eigenvalue weighted by molar-refractivity contribution is 0.0737. The molecule has 0 aliphatic carbocycles. The fraction of sp³-hybridized carbons (Fsp3) is 0.458. The van der Waals surface area contributed by atoms with Crippen molar-refractivity contribution in [2.45, 2.75) is 70.8 Å². The fourth-order valence-corrected chi connectivity index (χ4v) is 5.60. The van der Waals surface area contributed by atoms with Crippen LogP contribution in [0.5, 0.6) is 5.75 Å². The zero-order valence-corrected chi connectivity index (χ0v) is 20.5.